The van der Waals surface area contributed by atoms with Crippen molar-refractivity contribution in [1.29, 1.82) is 0 Å². The van der Waals surface area contributed by atoms with Gasteiger partial charge in [-0.1, -0.05) is 17.7 Å². The largest absolute Gasteiger partial charge is 0.508 e. The first-order chi connectivity index (χ1) is 5.61. The summed E-state index contributed by atoms with van der Waals surface area (Å²) in [6.45, 7) is 5.83. The van der Waals surface area contributed by atoms with E-state index in [-0.39, 0.29) is 6.61 Å². The van der Waals surface area contributed by atoms with E-state index in [9.17, 15) is 0 Å². The van der Waals surface area contributed by atoms with Crippen molar-refractivity contribution in [2.45, 2.75) is 20.8 Å². The molecule has 0 unspecified atom stereocenters. The summed E-state index contributed by atoms with van der Waals surface area (Å²) in [5.41, 5.74) is 2.13. The highest BCUT2D eigenvalue weighted by molar-refractivity contribution is 5.34. The van der Waals surface area contributed by atoms with Crippen molar-refractivity contribution >= 4 is 0 Å². The number of aliphatic hydroxyl groups is 1. The van der Waals surface area contributed by atoms with Crippen molar-refractivity contribution < 1.29 is 10.2 Å². The molecule has 0 bridgehead atoms. The van der Waals surface area contributed by atoms with Crippen LogP contribution in [0, 0.1) is 13.8 Å². The van der Waals surface area contributed by atoms with E-state index in [1.165, 1.54) is 5.56 Å². The molecule has 0 spiro atoms. The first-order valence-electron chi connectivity index (χ1n) is 3.98. The number of aromatic hydroxyl groups is 1. The van der Waals surface area contributed by atoms with Crippen LogP contribution in [-0.2, 0) is 0 Å². The molecule has 0 radical (unpaired) electrons. The van der Waals surface area contributed by atoms with E-state index < -0.39 is 0 Å². The Bertz CT molecular complexity index is 231. The van der Waals surface area contributed by atoms with Crippen molar-refractivity contribution in [2.75, 3.05) is 6.61 Å². The quantitative estimate of drug-likeness (QED) is 0.622. The van der Waals surface area contributed by atoms with E-state index in [0.29, 0.717) is 5.75 Å². The molecule has 0 amide bonds. The Morgan fingerprint density at radius 2 is 1.75 bits per heavy atom. The van der Waals surface area contributed by atoms with Crippen LogP contribution in [0.1, 0.15) is 18.1 Å². The number of benzene rings is 1. The highest BCUT2D eigenvalue weighted by Crippen LogP contribution is 2.15. The maximum absolute atomic E-state index is 9.04. The van der Waals surface area contributed by atoms with Crippen molar-refractivity contribution in [3.8, 4) is 5.75 Å². The van der Waals surface area contributed by atoms with Crippen LogP contribution in [0.5, 0.6) is 5.75 Å². The molecule has 2 N–H and O–H groups in total. The Morgan fingerprint density at radius 3 is 2.08 bits per heavy atom. The van der Waals surface area contributed by atoms with E-state index in [1.807, 2.05) is 26.0 Å². The van der Waals surface area contributed by atoms with Crippen LogP contribution >= 0.6 is 0 Å². The van der Waals surface area contributed by atoms with E-state index in [2.05, 4.69) is 0 Å². The van der Waals surface area contributed by atoms with Crippen molar-refractivity contribution in [3.63, 3.8) is 0 Å². The molecule has 0 saturated heterocycles. The van der Waals surface area contributed by atoms with Crippen LogP contribution in [0.25, 0.3) is 0 Å². The summed E-state index contributed by atoms with van der Waals surface area (Å²) in [5.74, 6) is 0.376. The van der Waals surface area contributed by atoms with Gasteiger partial charge in [0.2, 0.25) is 0 Å². The average molecular weight is 168 g/mol. The van der Waals surface area contributed by atoms with Crippen molar-refractivity contribution in [1.82, 2.24) is 0 Å². The zero-order valence-electron chi connectivity index (χ0n) is 7.83. The van der Waals surface area contributed by atoms with E-state index in [4.69, 9.17) is 10.2 Å². The van der Waals surface area contributed by atoms with Gasteiger partial charge in [0, 0.05) is 6.61 Å². The molecular weight excluding hydrogens is 152 g/mol. The van der Waals surface area contributed by atoms with Crippen molar-refractivity contribution in [2.24, 2.45) is 0 Å². The fourth-order valence-electron chi connectivity index (χ4n) is 0.805. The lowest BCUT2D eigenvalue weighted by Gasteiger charge is -1.97. The Hall–Kier alpha value is -1.02. The summed E-state index contributed by atoms with van der Waals surface area (Å²) in [6, 6.07) is 5.56. The summed E-state index contributed by atoms with van der Waals surface area (Å²) in [7, 11) is 0. The maximum atomic E-state index is 9.04. The Balaban J connectivity index is 0.000000354. The third-order valence-corrected chi connectivity index (χ3v) is 1.35. The van der Waals surface area contributed by atoms with Gasteiger partial charge in [-0.3, -0.25) is 0 Å². The van der Waals surface area contributed by atoms with Crippen LogP contribution in [0.3, 0.4) is 0 Å². The summed E-state index contributed by atoms with van der Waals surface area (Å²) >= 11 is 0. The van der Waals surface area contributed by atoms with Crippen LogP contribution in [0.15, 0.2) is 18.2 Å². The molecule has 12 heavy (non-hydrogen) atoms. The third-order valence-electron chi connectivity index (χ3n) is 1.35. The summed E-state index contributed by atoms with van der Waals surface area (Å²) in [5, 5.41) is 16.6. The molecule has 1 aromatic carbocycles. The van der Waals surface area contributed by atoms with Crippen LogP contribution in [0.2, 0.25) is 0 Å². The second-order valence-corrected chi connectivity index (χ2v) is 2.61. The molecular formula is C10H16O2. The van der Waals surface area contributed by atoms with Crippen LogP contribution < -0.4 is 0 Å². The van der Waals surface area contributed by atoms with E-state index in [0.717, 1.165) is 5.56 Å². The molecule has 2 heteroatoms. The van der Waals surface area contributed by atoms with Crippen LogP contribution in [0.4, 0.5) is 0 Å². The van der Waals surface area contributed by atoms with E-state index >= 15 is 0 Å². The molecule has 0 saturated carbocycles. The molecule has 0 aliphatic rings. The number of aliphatic hydroxyl groups excluding tert-OH is 1. The number of phenols is 1. The van der Waals surface area contributed by atoms with Gasteiger partial charge in [-0.2, -0.15) is 0 Å². The first-order valence-corrected chi connectivity index (χ1v) is 3.98. The summed E-state index contributed by atoms with van der Waals surface area (Å²) in [4.78, 5) is 0. The minimum absolute atomic E-state index is 0.250. The number of aryl methyl sites for hydroxylation is 2. The average Bonchev–Trinajstić information content (AvgIpc) is 1.99. The monoisotopic (exact) mass is 168 g/mol. The lowest BCUT2D eigenvalue weighted by molar-refractivity contribution is 0.318. The van der Waals surface area contributed by atoms with Gasteiger partial charge in [-0.25, -0.2) is 0 Å². The molecule has 2 nitrogen and oxygen atoms in total. The fourth-order valence-corrected chi connectivity index (χ4v) is 0.805. The third kappa shape index (κ3) is 3.98. The lowest BCUT2D eigenvalue weighted by Crippen LogP contribution is -1.75. The Morgan fingerprint density at radius 1 is 1.25 bits per heavy atom. The topological polar surface area (TPSA) is 40.5 Å². The maximum Gasteiger partial charge on any atom is 0.118 e. The number of rotatable bonds is 0. The second kappa shape index (κ2) is 5.61. The summed E-state index contributed by atoms with van der Waals surface area (Å²) in [6.07, 6.45) is 0. The molecule has 0 atom stereocenters. The first kappa shape index (κ1) is 11.0. The normalized spacial score (nSPS) is 8.67. The van der Waals surface area contributed by atoms with Gasteiger partial charge >= 0.3 is 0 Å². The van der Waals surface area contributed by atoms with Gasteiger partial charge in [-0.05, 0) is 32.4 Å². The highest BCUT2D eigenvalue weighted by Gasteiger charge is 1.91. The van der Waals surface area contributed by atoms with Gasteiger partial charge in [0.1, 0.15) is 5.75 Å². The molecule has 0 fully saturated rings. The fraction of sp³-hybridized carbons (Fsp3) is 0.400. The number of hydrogen-bond acceptors (Lipinski definition) is 2. The van der Waals surface area contributed by atoms with E-state index in [1.54, 1.807) is 13.0 Å². The molecule has 1 rings (SSSR count). The second-order valence-electron chi connectivity index (χ2n) is 2.61. The van der Waals surface area contributed by atoms with Crippen LogP contribution in [-0.4, -0.2) is 16.8 Å². The minimum Gasteiger partial charge on any atom is -0.508 e. The highest BCUT2D eigenvalue weighted by atomic mass is 16.3. The van der Waals surface area contributed by atoms with Gasteiger partial charge in [0.15, 0.2) is 0 Å². The van der Waals surface area contributed by atoms with Gasteiger partial charge in [-0.15, -0.1) is 0 Å². The zero-order chi connectivity index (χ0) is 9.56. The molecule has 68 valence electrons. The number of phenolic OH excluding ortho intramolecular Hbond substituents is 1. The Labute approximate surface area is 73.5 Å². The minimum atomic E-state index is 0.250. The SMILES string of the molecule is CCO.Cc1ccc(O)c(C)c1. The van der Waals surface area contributed by atoms with Crippen molar-refractivity contribution in [3.05, 3.63) is 29.3 Å². The lowest BCUT2D eigenvalue weighted by atomic mass is 10.1. The molecule has 0 aliphatic carbocycles. The van der Waals surface area contributed by atoms with Gasteiger partial charge in [0.05, 0.1) is 0 Å². The Kier molecular flexibility index (Phi) is 5.13. The molecule has 0 aliphatic heterocycles. The predicted molar refractivity (Wildman–Crippen MR) is 50.3 cm³/mol. The predicted octanol–water partition coefficient (Wildman–Crippen LogP) is 2.01. The van der Waals surface area contributed by atoms with Gasteiger partial charge < -0.3 is 10.2 Å². The molecule has 0 aromatic heterocycles. The summed E-state index contributed by atoms with van der Waals surface area (Å²) < 4.78 is 0. The molecule has 1 aromatic rings. The van der Waals surface area contributed by atoms with Gasteiger partial charge in [0.25, 0.3) is 0 Å². The zero-order valence-corrected chi connectivity index (χ0v) is 7.83. The standard InChI is InChI=1S/C8H10O.C2H6O/c1-6-3-4-8(9)7(2)5-6;1-2-3/h3-5,9H,1-2H3;3H,2H2,1H3. The number of hydrogen-bond donors (Lipinski definition) is 2. The molecule has 0 heterocycles. The smallest absolute Gasteiger partial charge is 0.118 e.